The van der Waals surface area contributed by atoms with Gasteiger partial charge in [0.15, 0.2) is 0 Å². The number of aromatic nitrogens is 2. The second kappa shape index (κ2) is 8.88. The van der Waals surface area contributed by atoms with Crippen molar-refractivity contribution >= 4 is 24.6 Å². The Hall–Kier alpha value is -4.59. The topological polar surface area (TPSA) is 115 Å². The van der Waals surface area contributed by atoms with Crippen LogP contribution >= 0.6 is 0 Å². The second-order valence-corrected chi connectivity index (χ2v) is 7.11. The van der Waals surface area contributed by atoms with Gasteiger partial charge in [0, 0.05) is 5.56 Å². The van der Waals surface area contributed by atoms with Crippen molar-refractivity contribution in [1.29, 1.82) is 0 Å². The fourth-order valence-corrected chi connectivity index (χ4v) is 3.38. The van der Waals surface area contributed by atoms with Crippen molar-refractivity contribution < 1.29 is 23.8 Å². The predicted octanol–water partition coefficient (Wildman–Crippen LogP) is 2.54. The van der Waals surface area contributed by atoms with Gasteiger partial charge in [0.2, 0.25) is 0 Å². The van der Waals surface area contributed by atoms with Crippen molar-refractivity contribution in [2.45, 2.75) is 6.92 Å². The van der Waals surface area contributed by atoms with E-state index in [0.29, 0.717) is 33.7 Å². The third-order valence-corrected chi connectivity index (χ3v) is 4.98. The van der Waals surface area contributed by atoms with Gasteiger partial charge in [0.1, 0.15) is 11.5 Å². The van der Waals surface area contributed by atoms with Crippen LogP contribution in [0.1, 0.15) is 33.4 Å². The Labute approximate surface area is 187 Å². The molecule has 8 nitrogen and oxygen atoms in total. The molecule has 4 aromatic rings. The second-order valence-electron chi connectivity index (χ2n) is 7.11. The van der Waals surface area contributed by atoms with Crippen LogP contribution in [0, 0.1) is 0 Å². The number of nitrogens with one attached hydrogen (secondary N) is 1. The molecule has 0 saturated carbocycles. The zero-order valence-electron chi connectivity index (χ0n) is 17.7. The zero-order valence-corrected chi connectivity index (χ0v) is 17.7. The van der Waals surface area contributed by atoms with E-state index in [0.717, 1.165) is 0 Å². The minimum absolute atomic E-state index is 0.117. The van der Waals surface area contributed by atoms with Crippen molar-refractivity contribution in [2.24, 2.45) is 0 Å². The smallest absolute Gasteiger partial charge is 0.338 e. The van der Waals surface area contributed by atoms with Gasteiger partial charge in [-0.1, -0.05) is 24.8 Å². The van der Waals surface area contributed by atoms with E-state index >= 15 is 0 Å². The van der Waals surface area contributed by atoms with Gasteiger partial charge >= 0.3 is 11.9 Å². The van der Waals surface area contributed by atoms with E-state index in [1.807, 2.05) is 0 Å². The van der Waals surface area contributed by atoms with E-state index in [2.05, 4.69) is 11.7 Å². The molecule has 0 bridgehead atoms. The van der Waals surface area contributed by atoms with Gasteiger partial charge in [0.05, 0.1) is 34.0 Å². The molecule has 166 valence electrons. The van der Waals surface area contributed by atoms with Crippen molar-refractivity contribution in [2.75, 3.05) is 6.61 Å². The predicted molar refractivity (Wildman–Crippen MR) is 122 cm³/mol. The summed E-state index contributed by atoms with van der Waals surface area (Å²) in [6.07, 6.45) is 1.56. The molecule has 0 aliphatic heterocycles. The quantitative estimate of drug-likeness (QED) is 0.442. The van der Waals surface area contributed by atoms with Crippen molar-refractivity contribution in [3.05, 3.63) is 98.5 Å². The maximum absolute atomic E-state index is 12.9. The molecule has 0 aliphatic rings. The summed E-state index contributed by atoms with van der Waals surface area (Å²) in [6.45, 7) is 5.88. The summed E-state index contributed by atoms with van der Waals surface area (Å²) in [7, 11) is 0. The van der Waals surface area contributed by atoms with Crippen LogP contribution in [0.3, 0.4) is 0 Å². The number of rotatable bonds is 6. The number of furan rings is 1. The SMILES string of the molecule is C=c1[nH]n(-c2ccc(C(=O)O)cc2)c(=O)/c1=C\c1ccc(-c2ccccc2C(=O)OCC)o1. The summed E-state index contributed by atoms with van der Waals surface area (Å²) in [5.74, 6) is -0.642. The molecule has 0 atom stereocenters. The van der Waals surface area contributed by atoms with Crippen LogP contribution in [0.2, 0.25) is 0 Å². The molecule has 0 amide bonds. The van der Waals surface area contributed by atoms with Crippen LogP contribution in [0.15, 0.2) is 69.9 Å². The van der Waals surface area contributed by atoms with E-state index in [-0.39, 0.29) is 22.9 Å². The molecule has 33 heavy (non-hydrogen) atoms. The van der Waals surface area contributed by atoms with Crippen LogP contribution in [0.25, 0.3) is 29.7 Å². The zero-order chi connectivity index (χ0) is 23.5. The summed E-state index contributed by atoms with van der Waals surface area (Å²) in [4.78, 5) is 36.3. The summed E-state index contributed by atoms with van der Waals surface area (Å²) in [5.41, 5.74) is 1.18. The lowest BCUT2D eigenvalue weighted by Crippen LogP contribution is -2.33. The number of esters is 1. The number of hydrogen-bond donors (Lipinski definition) is 2. The molecule has 0 aliphatic carbocycles. The number of aromatic amines is 1. The van der Waals surface area contributed by atoms with Crippen LogP contribution < -0.4 is 16.1 Å². The first-order chi connectivity index (χ1) is 15.9. The lowest BCUT2D eigenvalue weighted by Gasteiger charge is -2.06. The van der Waals surface area contributed by atoms with E-state index in [1.165, 1.54) is 28.9 Å². The van der Waals surface area contributed by atoms with Crippen LogP contribution in [-0.2, 0) is 4.74 Å². The maximum Gasteiger partial charge on any atom is 0.338 e. The Morgan fingerprint density at radius 2 is 1.85 bits per heavy atom. The van der Waals surface area contributed by atoms with Gasteiger partial charge in [-0.25, -0.2) is 14.3 Å². The van der Waals surface area contributed by atoms with Crippen LogP contribution in [0.4, 0.5) is 0 Å². The van der Waals surface area contributed by atoms with Crippen molar-refractivity contribution in [1.82, 2.24) is 9.78 Å². The van der Waals surface area contributed by atoms with E-state index in [9.17, 15) is 14.4 Å². The Bertz CT molecular complexity index is 1510. The first kappa shape index (κ1) is 21.6. The Kier molecular flexibility index (Phi) is 5.82. The fourth-order valence-electron chi connectivity index (χ4n) is 3.38. The molecule has 8 heteroatoms. The highest BCUT2D eigenvalue weighted by atomic mass is 16.5. The number of carbonyl (C=O) groups excluding carboxylic acids is 1. The highest BCUT2D eigenvalue weighted by Crippen LogP contribution is 2.26. The Morgan fingerprint density at radius 3 is 2.55 bits per heavy atom. The Balaban J connectivity index is 1.72. The molecule has 0 spiro atoms. The average molecular weight is 444 g/mol. The number of carboxylic acids is 1. The lowest BCUT2D eigenvalue weighted by molar-refractivity contribution is 0.0526. The van der Waals surface area contributed by atoms with E-state index < -0.39 is 11.9 Å². The number of hydrogen-bond acceptors (Lipinski definition) is 5. The molecule has 0 radical (unpaired) electrons. The van der Waals surface area contributed by atoms with Crippen molar-refractivity contribution in [3.8, 4) is 17.0 Å². The number of benzene rings is 2. The number of carbonyl (C=O) groups is 2. The van der Waals surface area contributed by atoms with Crippen molar-refractivity contribution in [3.63, 3.8) is 0 Å². The molecule has 0 saturated heterocycles. The minimum Gasteiger partial charge on any atom is -0.478 e. The molecule has 0 fully saturated rings. The number of aromatic carboxylic acids is 1. The maximum atomic E-state index is 12.9. The van der Waals surface area contributed by atoms with Crippen LogP contribution in [0.5, 0.6) is 0 Å². The number of nitrogens with zero attached hydrogens (tertiary/aromatic N) is 1. The summed E-state index contributed by atoms with van der Waals surface area (Å²) < 4.78 is 12.3. The minimum atomic E-state index is -1.05. The normalized spacial score (nSPS) is 11.5. The van der Waals surface area contributed by atoms with E-state index in [1.54, 1.807) is 49.4 Å². The highest BCUT2D eigenvalue weighted by Gasteiger charge is 2.16. The number of carboxylic acid groups (broad SMARTS) is 1. The molecular formula is C25H20N2O6. The number of ether oxygens (including phenoxy) is 1. The molecular weight excluding hydrogens is 424 g/mol. The third kappa shape index (κ3) is 4.27. The molecule has 2 N–H and O–H groups in total. The van der Waals surface area contributed by atoms with Gasteiger partial charge in [0.25, 0.3) is 5.56 Å². The summed E-state index contributed by atoms with van der Waals surface area (Å²) >= 11 is 0. The molecule has 2 aromatic heterocycles. The number of H-pyrrole nitrogens is 1. The highest BCUT2D eigenvalue weighted by molar-refractivity contribution is 5.96. The fraction of sp³-hybridized carbons (Fsp3) is 0.0800. The van der Waals surface area contributed by atoms with Gasteiger partial charge in [-0.15, -0.1) is 0 Å². The lowest BCUT2D eigenvalue weighted by atomic mass is 10.1. The average Bonchev–Trinajstić information content (AvgIpc) is 3.39. The van der Waals surface area contributed by atoms with E-state index in [4.69, 9.17) is 14.3 Å². The first-order valence-electron chi connectivity index (χ1n) is 10.1. The largest absolute Gasteiger partial charge is 0.478 e. The van der Waals surface area contributed by atoms with Gasteiger partial charge in [-0.3, -0.25) is 9.89 Å². The Morgan fingerprint density at radius 1 is 1.12 bits per heavy atom. The summed E-state index contributed by atoms with van der Waals surface area (Å²) in [5, 5.41) is 12.6. The van der Waals surface area contributed by atoms with Gasteiger partial charge < -0.3 is 14.3 Å². The summed E-state index contributed by atoms with van der Waals surface area (Å²) in [6, 6.07) is 16.2. The molecule has 0 unspecified atom stereocenters. The molecule has 2 heterocycles. The van der Waals surface area contributed by atoms with Gasteiger partial charge in [-0.2, -0.15) is 0 Å². The monoisotopic (exact) mass is 444 g/mol. The first-order valence-corrected chi connectivity index (χ1v) is 10.1. The molecule has 2 aromatic carbocycles. The molecule has 4 rings (SSSR count). The third-order valence-electron chi connectivity index (χ3n) is 4.98. The van der Waals surface area contributed by atoms with Crippen LogP contribution in [-0.4, -0.2) is 33.4 Å². The standard InChI is InChI=1S/C25H20N2O6/c1-3-32-25(31)20-7-5-4-6-19(20)22-13-12-18(33-22)14-21-15(2)26-27(23(21)28)17-10-8-16(9-11-17)24(29)30/h4-14,26H,2-3H2,1H3,(H,29,30)/b21-14-. The van der Waals surface area contributed by atoms with Gasteiger partial charge in [-0.05, 0) is 55.5 Å².